The number of amides is 3. The van der Waals surface area contributed by atoms with E-state index in [1.54, 1.807) is 17.1 Å². The number of thioether (sulfide) groups is 1. The number of nitrogens with zero attached hydrogens (tertiary/aromatic N) is 2. The molecular weight excluding hydrogens is 340 g/mol. The molecule has 0 N–H and O–H groups in total. The van der Waals surface area contributed by atoms with Crippen molar-refractivity contribution in [1.82, 2.24) is 9.80 Å². The summed E-state index contributed by atoms with van der Waals surface area (Å²) in [5.74, 6) is -0.652. The summed E-state index contributed by atoms with van der Waals surface area (Å²) in [4.78, 5) is 39.6. The minimum absolute atomic E-state index is 0.218. The van der Waals surface area contributed by atoms with Crippen molar-refractivity contribution in [3.05, 3.63) is 53.0 Å². The molecule has 0 aromatic heterocycles. The summed E-state index contributed by atoms with van der Waals surface area (Å²) in [5.41, 5.74) is 1.00. The van der Waals surface area contributed by atoms with Crippen LogP contribution in [0.15, 0.2) is 47.4 Å². The van der Waals surface area contributed by atoms with Gasteiger partial charge in [0, 0.05) is 13.1 Å². The van der Waals surface area contributed by atoms with Crippen molar-refractivity contribution >= 4 is 34.9 Å². The van der Waals surface area contributed by atoms with E-state index in [-0.39, 0.29) is 12.5 Å². The van der Waals surface area contributed by atoms with Gasteiger partial charge in [0.25, 0.3) is 11.1 Å². The number of hydrogen-bond acceptors (Lipinski definition) is 5. The summed E-state index contributed by atoms with van der Waals surface area (Å²) in [6.45, 7) is 1.73. The first kappa shape index (κ1) is 17.4. The third kappa shape index (κ3) is 4.37. The van der Waals surface area contributed by atoms with E-state index < -0.39 is 11.1 Å². The molecule has 7 heteroatoms. The molecule has 0 radical (unpaired) electrons. The van der Waals surface area contributed by atoms with Crippen LogP contribution in [-0.2, 0) is 14.3 Å². The molecule has 3 rings (SSSR count). The number of carbonyl (C=O) groups excluding carboxylic acids is 3. The minimum atomic E-state index is -0.422. The van der Waals surface area contributed by atoms with Gasteiger partial charge >= 0.3 is 0 Å². The van der Waals surface area contributed by atoms with Crippen LogP contribution in [-0.4, -0.2) is 59.7 Å². The lowest BCUT2D eigenvalue weighted by atomic mass is 10.2. The van der Waals surface area contributed by atoms with Gasteiger partial charge < -0.3 is 9.64 Å². The van der Waals surface area contributed by atoms with Crippen molar-refractivity contribution < 1.29 is 19.1 Å². The maximum atomic E-state index is 12.4. The molecule has 0 spiro atoms. The Kier molecular flexibility index (Phi) is 5.67. The second kappa shape index (κ2) is 8.13. The molecule has 0 saturated carbocycles. The van der Waals surface area contributed by atoms with Crippen molar-refractivity contribution in [2.75, 3.05) is 32.8 Å². The Morgan fingerprint density at radius 2 is 1.88 bits per heavy atom. The van der Waals surface area contributed by atoms with Gasteiger partial charge in [0.2, 0.25) is 5.91 Å². The van der Waals surface area contributed by atoms with Gasteiger partial charge in [-0.3, -0.25) is 19.3 Å². The third-order valence-electron chi connectivity index (χ3n) is 3.87. The standard InChI is InChI=1S/C18H18N2O4S/c21-16(19-9-11-24-12-10-19)13-20-17(22)15(25-18(20)23)8-4-7-14-5-2-1-3-6-14/h1-8H,9-13H2/b7-4+,15-8+. The van der Waals surface area contributed by atoms with Gasteiger partial charge in [0.05, 0.1) is 18.1 Å². The zero-order valence-corrected chi connectivity index (χ0v) is 14.4. The van der Waals surface area contributed by atoms with Crippen LogP contribution in [0.2, 0.25) is 0 Å². The summed E-state index contributed by atoms with van der Waals surface area (Å²) >= 11 is 0.857. The lowest BCUT2D eigenvalue weighted by molar-refractivity contribution is -0.139. The Balaban J connectivity index is 1.62. The van der Waals surface area contributed by atoms with Crippen molar-refractivity contribution in [2.45, 2.75) is 0 Å². The smallest absolute Gasteiger partial charge is 0.294 e. The van der Waals surface area contributed by atoms with E-state index in [9.17, 15) is 14.4 Å². The average Bonchev–Trinajstić information content (AvgIpc) is 2.91. The quantitative estimate of drug-likeness (QED) is 0.772. The van der Waals surface area contributed by atoms with Crippen LogP contribution in [0.1, 0.15) is 5.56 Å². The first-order valence-electron chi connectivity index (χ1n) is 7.98. The predicted octanol–water partition coefficient (Wildman–Crippen LogP) is 2.14. The number of imide groups is 1. The highest BCUT2D eigenvalue weighted by molar-refractivity contribution is 8.18. The summed E-state index contributed by atoms with van der Waals surface area (Å²) in [5, 5.41) is -0.411. The van der Waals surface area contributed by atoms with Gasteiger partial charge in [-0.15, -0.1) is 0 Å². The second-order valence-corrected chi connectivity index (χ2v) is 6.55. The number of hydrogen-bond donors (Lipinski definition) is 0. The van der Waals surface area contributed by atoms with E-state index in [1.807, 2.05) is 36.4 Å². The zero-order valence-electron chi connectivity index (χ0n) is 13.6. The second-order valence-electron chi connectivity index (χ2n) is 5.55. The molecule has 25 heavy (non-hydrogen) atoms. The molecule has 0 unspecified atom stereocenters. The number of rotatable bonds is 4. The van der Waals surface area contributed by atoms with Gasteiger partial charge in [0.15, 0.2) is 0 Å². The lowest BCUT2D eigenvalue weighted by Crippen LogP contribution is -2.46. The topological polar surface area (TPSA) is 66.9 Å². The Bertz CT molecular complexity index is 724. The molecule has 0 bridgehead atoms. The fourth-order valence-electron chi connectivity index (χ4n) is 2.51. The van der Waals surface area contributed by atoms with Crippen LogP contribution in [0.4, 0.5) is 4.79 Å². The zero-order chi connectivity index (χ0) is 17.6. The van der Waals surface area contributed by atoms with E-state index in [2.05, 4.69) is 0 Å². The molecule has 6 nitrogen and oxygen atoms in total. The fourth-order valence-corrected chi connectivity index (χ4v) is 3.30. The number of carbonyl (C=O) groups is 3. The van der Waals surface area contributed by atoms with Gasteiger partial charge in [-0.1, -0.05) is 42.5 Å². The Labute approximate surface area is 150 Å². The van der Waals surface area contributed by atoms with E-state index in [4.69, 9.17) is 4.74 Å². The first-order chi connectivity index (χ1) is 12.1. The molecular formula is C18H18N2O4S. The molecule has 2 heterocycles. The van der Waals surface area contributed by atoms with Crippen LogP contribution in [0, 0.1) is 0 Å². The number of ether oxygens (including phenoxy) is 1. The molecule has 1 aromatic carbocycles. The van der Waals surface area contributed by atoms with Crippen LogP contribution in [0.3, 0.4) is 0 Å². The Hall–Kier alpha value is -2.38. The van der Waals surface area contributed by atoms with Crippen LogP contribution in [0.25, 0.3) is 6.08 Å². The van der Waals surface area contributed by atoms with Crippen LogP contribution < -0.4 is 0 Å². The SMILES string of the molecule is O=C(CN1C(=O)S/C(=C/C=C/c2ccccc2)C1=O)N1CCOCC1. The van der Waals surface area contributed by atoms with Gasteiger partial charge in [-0.05, 0) is 23.4 Å². The monoisotopic (exact) mass is 358 g/mol. The van der Waals surface area contributed by atoms with Crippen molar-refractivity contribution in [3.8, 4) is 0 Å². The highest BCUT2D eigenvalue weighted by Crippen LogP contribution is 2.30. The fraction of sp³-hybridized carbons (Fsp3) is 0.278. The Morgan fingerprint density at radius 1 is 1.16 bits per heavy atom. The molecule has 3 amide bonds. The highest BCUT2D eigenvalue weighted by atomic mass is 32.2. The normalized spacial score (nSPS) is 20.1. The van der Waals surface area contributed by atoms with Gasteiger partial charge in [-0.2, -0.15) is 0 Å². The van der Waals surface area contributed by atoms with Crippen molar-refractivity contribution in [3.63, 3.8) is 0 Å². The number of allylic oxidation sites excluding steroid dienone is 2. The highest BCUT2D eigenvalue weighted by Gasteiger charge is 2.36. The van der Waals surface area contributed by atoms with Crippen molar-refractivity contribution in [2.24, 2.45) is 0 Å². The summed E-state index contributed by atoms with van der Waals surface area (Å²) in [7, 11) is 0. The van der Waals surface area contributed by atoms with Crippen LogP contribution in [0.5, 0.6) is 0 Å². The largest absolute Gasteiger partial charge is 0.378 e. The maximum Gasteiger partial charge on any atom is 0.294 e. The molecule has 2 saturated heterocycles. The van der Waals surface area contributed by atoms with E-state index in [1.165, 1.54) is 0 Å². The van der Waals surface area contributed by atoms with Gasteiger partial charge in [-0.25, -0.2) is 0 Å². The lowest BCUT2D eigenvalue weighted by Gasteiger charge is -2.27. The van der Waals surface area contributed by atoms with Gasteiger partial charge in [0.1, 0.15) is 6.54 Å². The molecule has 130 valence electrons. The van der Waals surface area contributed by atoms with E-state index >= 15 is 0 Å². The van der Waals surface area contributed by atoms with E-state index in [0.717, 1.165) is 22.2 Å². The molecule has 1 aromatic rings. The number of benzene rings is 1. The average molecular weight is 358 g/mol. The maximum absolute atomic E-state index is 12.4. The molecule has 0 atom stereocenters. The van der Waals surface area contributed by atoms with Crippen molar-refractivity contribution in [1.29, 1.82) is 0 Å². The minimum Gasteiger partial charge on any atom is -0.378 e. The summed E-state index contributed by atoms with van der Waals surface area (Å²) in [6, 6.07) is 9.65. The van der Waals surface area contributed by atoms with E-state index in [0.29, 0.717) is 31.2 Å². The first-order valence-corrected chi connectivity index (χ1v) is 8.79. The Morgan fingerprint density at radius 3 is 2.60 bits per heavy atom. The molecule has 2 fully saturated rings. The predicted molar refractivity (Wildman–Crippen MR) is 95.7 cm³/mol. The molecule has 0 aliphatic carbocycles. The van der Waals surface area contributed by atoms with Crippen LogP contribution >= 0.6 is 11.8 Å². The molecule has 2 aliphatic heterocycles. The number of morpholine rings is 1. The molecule has 2 aliphatic rings. The summed E-state index contributed by atoms with van der Waals surface area (Å²) < 4.78 is 5.20. The summed E-state index contributed by atoms with van der Waals surface area (Å²) in [6.07, 6.45) is 5.19. The third-order valence-corrected chi connectivity index (χ3v) is 4.79.